The van der Waals surface area contributed by atoms with Crippen molar-refractivity contribution in [3.8, 4) is 0 Å². The summed E-state index contributed by atoms with van der Waals surface area (Å²) in [6.07, 6.45) is 4.21. The highest BCUT2D eigenvalue weighted by atomic mass is 16.5. The first kappa shape index (κ1) is 18.9. The molecule has 0 bridgehead atoms. The second-order valence-corrected chi connectivity index (χ2v) is 7.00. The molecule has 2 aromatic carbocycles. The molecule has 3 aromatic rings. The van der Waals surface area contributed by atoms with Gasteiger partial charge in [0.25, 0.3) is 11.8 Å². The zero-order valence-corrected chi connectivity index (χ0v) is 16.0. The van der Waals surface area contributed by atoms with Crippen LogP contribution in [-0.2, 0) is 11.8 Å². The summed E-state index contributed by atoms with van der Waals surface area (Å²) in [6.45, 7) is 0.592. The normalized spacial score (nSPS) is 18.4. The highest BCUT2D eigenvalue weighted by molar-refractivity contribution is 6.04. The van der Waals surface area contributed by atoms with Gasteiger partial charge in [-0.1, -0.05) is 18.2 Å². The maximum atomic E-state index is 12.7. The molecule has 1 aliphatic rings. The van der Waals surface area contributed by atoms with Crippen LogP contribution >= 0.6 is 0 Å². The van der Waals surface area contributed by atoms with Gasteiger partial charge in [-0.05, 0) is 42.8 Å². The van der Waals surface area contributed by atoms with Gasteiger partial charge in [-0.25, -0.2) is 0 Å². The van der Waals surface area contributed by atoms with Gasteiger partial charge in [0.1, 0.15) is 6.10 Å². The molecule has 2 heterocycles. The number of carbonyl (C=O) groups excluding carboxylic acids is 2. The molecular formula is C22H22N4O3. The van der Waals surface area contributed by atoms with Gasteiger partial charge in [0.15, 0.2) is 0 Å². The average Bonchev–Trinajstić information content (AvgIpc) is 3.37. The molecule has 1 fully saturated rings. The highest BCUT2D eigenvalue weighted by Gasteiger charge is 2.32. The smallest absolute Gasteiger partial charge is 0.255 e. The summed E-state index contributed by atoms with van der Waals surface area (Å²) >= 11 is 0. The predicted octanol–water partition coefficient (Wildman–Crippen LogP) is 2.93. The molecule has 1 aromatic heterocycles. The molecule has 0 unspecified atom stereocenters. The van der Waals surface area contributed by atoms with E-state index in [-0.39, 0.29) is 24.0 Å². The quantitative estimate of drug-likeness (QED) is 0.701. The third-order valence-corrected chi connectivity index (χ3v) is 4.90. The maximum Gasteiger partial charge on any atom is 0.255 e. The minimum atomic E-state index is -0.197. The van der Waals surface area contributed by atoms with Crippen molar-refractivity contribution in [3.05, 3.63) is 83.7 Å². The highest BCUT2D eigenvalue weighted by Crippen LogP contribution is 2.29. The van der Waals surface area contributed by atoms with E-state index in [2.05, 4.69) is 15.7 Å². The molecule has 2 atom stereocenters. The molecule has 2 N–H and O–H groups in total. The van der Waals surface area contributed by atoms with Crippen molar-refractivity contribution in [2.45, 2.75) is 18.6 Å². The first-order chi connectivity index (χ1) is 14.1. The van der Waals surface area contributed by atoms with E-state index in [4.69, 9.17) is 4.74 Å². The molecule has 0 radical (unpaired) electrons. The van der Waals surface area contributed by atoms with Crippen LogP contribution in [0.1, 0.15) is 38.8 Å². The van der Waals surface area contributed by atoms with Crippen molar-refractivity contribution in [3.63, 3.8) is 0 Å². The summed E-state index contributed by atoms with van der Waals surface area (Å²) in [5, 5.41) is 10.1. The van der Waals surface area contributed by atoms with Gasteiger partial charge in [0.05, 0.1) is 12.2 Å². The van der Waals surface area contributed by atoms with E-state index < -0.39 is 0 Å². The van der Waals surface area contributed by atoms with Crippen molar-refractivity contribution in [2.75, 3.05) is 11.9 Å². The zero-order valence-electron chi connectivity index (χ0n) is 16.0. The van der Waals surface area contributed by atoms with E-state index in [0.29, 0.717) is 23.4 Å². The molecule has 148 valence electrons. The number of hydrogen-bond donors (Lipinski definition) is 2. The van der Waals surface area contributed by atoms with Crippen molar-refractivity contribution in [1.29, 1.82) is 0 Å². The number of nitrogens with one attached hydrogen (secondary N) is 2. The Labute approximate surface area is 168 Å². The molecule has 29 heavy (non-hydrogen) atoms. The number of nitrogens with zero attached hydrogens (tertiary/aromatic N) is 2. The SMILES string of the molecule is Cn1cc([C@H]2OCC[C@@H]2NC(=O)c2ccc(NC(=O)c3ccccc3)cc2)cn1. The molecule has 0 spiro atoms. The summed E-state index contributed by atoms with van der Waals surface area (Å²) < 4.78 is 7.51. The number of carbonyl (C=O) groups is 2. The van der Waals surface area contributed by atoms with Gasteiger partial charge < -0.3 is 15.4 Å². The van der Waals surface area contributed by atoms with Crippen molar-refractivity contribution < 1.29 is 14.3 Å². The Balaban J connectivity index is 1.38. The number of rotatable bonds is 5. The summed E-state index contributed by atoms with van der Waals surface area (Å²) in [4.78, 5) is 24.9. The van der Waals surface area contributed by atoms with Crippen LogP contribution in [0, 0.1) is 0 Å². The Morgan fingerprint density at radius 1 is 1.03 bits per heavy atom. The number of aromatic nitrogens is 2. The zero-order chi connectivity index (χ0) is 20.2. The third-order valence-electron chi connectivity index (χ3n) is 4.90. The van der Waals surface area contributed by atoms with Gasteiger partial charge in [-0.15, -0.1) is 0 Å². The Kier molecular flexibility index (Phi) is 5.39. The van der Waals surface area contributed by atoms with Gasteiger partial charge in [-0.3, -0.25) is 14.3 Å². The van der Waals surface area contributed by atoms with E-state index in [0.717, 1.165) is 12.0 Å². The second kappa shape index (κ2) is 8.28. The summed E-state index contributed by atoms with van der Waals surface area (Å²) in [7, 11) is 1.85. The number of anilines is 1. The summed E-state index contributed by atoms with van der Waals surface area (Å²) in [5.74, 6) is -0.361. The monoisotopic (exact) mass is 390 g/mol. The van der Waals surface area contributed by atoms with Gasteiger partial charge in [-0.2, -0.15) is 5.10 Å². The second-order valence-electron chi connectivity index (χ2n) is 7.00. The largest absolute Gasteiger partial charge is 0.371 e. The minimum absolute atomic E-state index is 0.107. The Morgan fingerprint density at radius 3 is 2.45 bits per heavy atom. The Bertz CT molecular complexity index is 998. The van der Waals surface area contributed by atoms with Crippen molar-refractivity contribution in [2.24, 2.45) is 7.05 Å². The molecule has 7 nitrogen and oxygen atoms in total. The van der Waals surface area contributed by atoms with Crippen LogP contribution in [0.25, 0.3) is 0 Å². The lowest BCUT2D eigenvalue weighted by Gasteiger charge is -2.19. The number of aryl methyl sites for hydroxylation is 1. The molecule has 0 saturated carbocycles. The lowest BCUT2D eigenvalue weighted by atomic mass is 10.0. The lowest BCUT2D eigenvalue weighted by molar-refractivity contribution is 0.0821. The van der Waals surface area contributed by atoms with Crippen LogP contribution in [0.3, 0.4) is 0 Å². The number of benzene rings is 2. The number of hydrogen-bond acceptors (Lipinski definition) is 4. The van der Waals surface area contributed by atoms with E-state index in [9.17, 15) is 9.59 Å². The van der Waals surface area contributed by atoms with Gasteiger partial charge >= 0.3 is 0 Å². The van der Waals surface area contributed by atoms with Crippen molar-refractivity contribution in [1.82, 2.24) is 15.1 Å². The molecule has 4 rings (SSSR count). The minimum Gasteiger partial charge on any atom is -0.371 e. The van der Waals surface area contributed by atoms with E-state index >= 15 is 0 Å². The molecule has 0 aliphatic carbocycles. The molecule has 2 amide bonds. The van der Waals surface area contributed by atoms with Crippen LogP contribution in [0.15, 0.2) is 67.0 Å². The number of ether oxygens (including phenoxy) is 1. The van der Waals surface area contributed by atoms with Crippen LogP contribution in [0.5, 0.6) is 0 Å². The molecule has 7 heteroatoms. The Morgan fingerprint density at radius 2 is 1.76 bits per heavy atom. The first-order valence-corrected chi connectivity index (χ1v) is 9.47. The van der Waals surface area contributed by atoms with Crippen LogP contribution in [0.4, 0.5) is 5.69 Å². The van der Waals surface area contributed by atoms with E-state index in [1.54, 1.807) is 47.3 Å². The van der Waals surface area contributed by atoms with Crippen LogP contribution in [0.2, 0.25) is 0 Å². The molecule has 1 saturated heterocycles. The van der Waals surface area contributed by atoms with Crippen LogP contribution in [-0.4, -0.2) is 34.2 Å². The fraction of sp³-hybridized carbons (Fsp3) is 0.227. The molecule has 1 aliphatic heterocycles. The van der Waals surface area contributed by atoms with Gasteiger partial charge in [0, 0.05) is 42.2 Å². The first-order valence-electron chi connectivity index (χ1n) is 9.47. The van der Waals surface area contributed by atoms with E-state index in [1.165, 1.54) is 0 Å². The fourth-order valence-corrected chi connectivity index (χ4v) is 3.40. The molecular weight excluding hydrogens is 368 g/mol. The maximum absolute atomic E-state index is 12.7. The topological polar surface area (TPSA) is 85.2 Å². The standard InChI is InChI=1S/C22H22N4O3/c1-26-14-17(13-23-26)20-19(11-12-29-20)25-22(28)16-7-9-18(10-8-16)24-21(27)15-5-3-2-4-6-15/h2-10,13-14,19-20H,11-12H2,1H3,(H,24,27)(H,25,28)/t19-,20+/m0/s1. The lowest BCUT2D eigenvalue weighted by Crippen LogP contribution is -2.36. The van der Waals surface area contributed by atoms with Crippen molar-refractivity contribution >= 4 is 17.5 Å². The Hall–Kier alpha value is -3.45. The summed E-state index contributed by atoms with van der Waals surface area (Å²) in [5.41, 5.74) is 2.69. The van der Waals surface area contributed by atoms with E-state index in [1.807, 2.05) is 31.4 Å². The predicted molar refractivity (Wildman–Crippen MR) is 109 cm³/mol. The fourth-order valence-electron chi connectivity index (χ4n) is 3.40. The van der Waals surface area contributed by atoms with Gasteiger partial charge in [0.2, 0.25) is 0 Å². The van der Waals surface area contributed by atoms with Crippen LogP contribution < -0.4 is 10.6 Å². The summed E-state index contributed by atoms with van der Waals surface area (Å²) in [6, 6.07) is 15.7. The third kappa shape index (κ3) is 4.35. The number of amides is 2. The average molecular weight is 390 g/mol.